The van der Waals surface area contributed by atoms with Crippen LogP contribution in [-0.2, 0) is 16.1 Å². The molecule has 2 aromatic rings. The Kier molecular flexibility index (Phi) is 5.60. The molecule has 7 nitrogen and oxygen atoms in total. The summed E-state index contributed by atoms with van der Waals surface area (Å²) in [6, 6.07) is 7.63. The van der Waals surface area contributed by atoms with Crippen molar-refractivity contribution in [2.24, 2.45) is 0 Å². The number of halogens is 2. The van der Waals surface area contributed by atoms with Gasteiger partial charge in [0.25, 0.3) is 5.69 Å². The number of nitrogens with zero attached hydrogens (tertiary/aromatic N) is 2. The maximum Gasteiger partial charge on any atom is 0.345 e. The van der Waals surface area contributed by atoms with Crippen molar-refractivity contribution in [3.8, 4) is 0 Å². The summed E-state index contributed by atoms with van der Waals surface area (Å²) in [4.78, 5) is 24.9. The minimum atomic E-state index is -1.12. The third kappa shape index (κ3) is 4.20. The van der Waals surface area contributed by atoms with Gasteiger partial charge in [-0.3, -0.25) is 10.1 Å². The summed E-state index contributed by atoms with van der Waals surface area (Å²) in [6.07, 6.45) is 0. The van der Waals surface area contributed by atoms with Crippen LogP contribution in [0.1, 0.15) is 15.9 Å². The van der Waals surface area contributed by atoms with E-state index in [9.17, 15) is 23.7 Å². The fraction of sp³-hybridized carbons (Fsp3) is 0.278. The van der Waals surface area contributed by atoms with E-state index >= 15 is 0 Å². The Morgan fingerprint density at radius 2 is 1.96 bits per heavy atom. The van der Waals surface area contributed by atoms with Gasteiger partial charge in [-0.1, -0.05) is 12.1 Å². The number of benzene rings is 2. The molecule has 1 aliphatic heterocycles. The highest BCUT2D eigenvalue weighted by Gasteiger charge is 2.24. The molecule has 1 saturated heterocycles. The maximum absolute atomic E-state index is 13.7. The SMILES string of the molecule is O=C(OCc1cccc(F)c1F)c1cc(N2CCOCC2)ccc1[N+](=O)[O-]. The number of hydrogen-bond acceptors (Lipinski definition) is 6. The van der Waals surface area contributed by atoms with Crippen molar-refractivity contribution < 1.29 is 28.0 Å². The van der Waals surface area contributed by atoms with Crippen LogP contribution in [0.4, 0.5) is 20.2 Å². The Bertz CT molecular complexity index is 869. The number of hydrogen-bond donors (Lipinski definition) is 0. The first-order valence-electron chi connectivity index (χ1n) is 8.18. The van der Waals surface area contributed by atoms with Crippen LogP contribution in [0.2, 0.25) is 0 Å². The second kappa shape index (κ2) is 8.09. The third-order valence-corrected chi connectivity index (χ3v) is 4.16. The van der Waals surface area contributed by atoms with E-state index in [0.29, 0.717) is 32.0 Å². The van der Waals surface area contributed by atoms with Crippen LogP contribution in [0, 0.1) is 21.7 Å². The van der Waals surface area contributed by atoms with Crippen LogP contribution in [0.15, 0.2) is 36.4 Å². The molecule has 0 spiro atoms. The molecule has 0 N–H and O–H groups in total. The third-order valence-electron chi connectivity index (χ3n) is 4.16. The van der Waals surface area contributed by atoms with E-state index < -0.39 is 34.8 Å². The lowest BCUT2D eigenvalue weighted by molar-refractivity contribution is -0.385. The first-order valence-corrected chi connectivity index (χ1v) is 8.18. The zero-order valence-electron chi connectivity index (χ0n) is 14.2. The molecule has 27 heavy (non-hydrogen) atoms. The molecule has 1 aliphatic rings. The molecule has 0 atom stereocenters. The largest absolute Gasteiger partial charge is 0.457 e. The van der Waals surface area contributed by atoms with Crippen molar-refractivity contribution in [3.05, 3.63) is 69.3 Å². The van der Waals surface area contributed by atoms with Gasteiger partial charge in [0.15, 0.2) is 11.6 Å². The van der Waals surface area contributed by atoms with Gasteiger partial charge in [0.05, 0.1) is 18.1 Å². The molecule has 9 heteroatoms. The molecule has 0 radical (unpaired) electrons. The summed E-state index contributed by atoms with van der Waals surface area (Å²) in [7, 11) is 0. The number of ether oxygens (including phenoxy) is 2. The Morgan fingerprint density at radius 3 is 2.67 bits per heavy atom. The highest BCUT2D eigenvalue weighted by Crippen LogP contribution is 2.27. The summed E-state index contributed by atoms with van der Waals surface area (Å²) < 4.78 is 37.2. The first-order chi connectivity index (χ1) is 13.0. The summed E-state index contributed by atoms with van der Waals surface area (Å²) in [5.41, 5.74) is -0.208. The number of rotatable bonds is 5. The lowest BCUT2D eigenvalue weighted by atomic mass is 10.1. The van der Waals surface area contributed by atoms with Gasteiger partial charge in [-0.2, -0.15) is 0 Å². The zero-order valence-corrected chi connectivity index (χ0v) is 14.2. The summed E-state index contributed by atoms with van der Waals surface area (Å²) >= 11 is 0. The van der Waals surface area contributed by atoms with Crippen LogP contribution in [0.25, 0.3) is 0 Å². The number of nitro groups is 1. The molecule has 1 heterocycles. The number of nitro benzene ring substituents is 1. The maximum atomic E-state index is 13.7. The van der Waals surface area contributed by atoms with Crippen molar-refractivity contribution in [3.63, 3.8) is 0 Å². The van der Waals surface area contributed by atoms with Gasteiger partial charge in [0, 0.05) is 30.4 Å². The van der Waals surface area contributed by atoms with Crippen molar-refractivity contribution in [1.29, 1.82) is 0 Å². The number of esters is 1. The zero-order chi connectivity index (χ0) is 19.4. The second-order valence-electron chi connectivity index (χ2n) is 5.85. The Morgan fingerprint density at radius 1 is 1.22 bits per heavy atom. The average Bonchev–Trinajstić information content (AvgIpc) is 2.69. The van der Waals surface area contributed by atoms with Crippen LogP contribution in [0.5, 0.6) is 0 Å². The molecule has 0 amide bonds. The molecular formula is C18H16F2N2O5. The molecule has 0 saturated carbocycles. The highest BCUT2D eigenvalue weighted by molar-refractivity contribution is 5.95. The van der Waals surface area contributed by atoms with Gasteiger partial charge < -0.3 is 14.4 Å². The van der Waals surface area contributed by atoms with E-state index in [2.05, 4.69) is 0 Å². The molecule has 3 rings (SSSR count). The van der Waals surface area contributed by atoms with Gasteiger partial charge in [0.2, 0.25) is 0 Å². The van der Waals surface area contributed by atoms with Gasteiger partial charge in [0.1, 0.15) is 12.2 Å². The predicted molar refractivity (Wildman–Crippen MR) is 91.6 cm³/mol. The molecule has 1 fully saturated rings. The molecule has 0 bridgehead atoms. The van der Waals surface area contributed by atoms with Crippen LogP contribution in [-0.4, -0.2) is 37.2 Å². The molecule has 0 unspecified atom stereocenters. The van der Waals surface area contributed by atoms with E-state index in [0.717, 1.165) is 6.07 Å². The van der Waals surface area contributed by atoms with Crippen molar-refractivity contribution >= 4 is 17.3 Å². The van der Waals surface area contributed by atoms with Gasteiger partial charge in [-0.25, -0.2) is 13.6 Å². The van der Waals surface area contributed by atoms with Crippen LogP contribution < -0.4 is 4.90 Å². The number of carbonyl (C=O) groups excluding carboxylic acids is 1. The fourth-order valence-electron chi connectivity index (χ4n) is 2.75. The number of carbonyl (C=O) groups is 1. The average molecular weight is 378 g/mol. The Hall–Kier alpha value is -3.07. The van der Waals surface area contributed by atoms with Crippen molar-refractivity contribution in [2.75, 3.05) is 31.2 Å². The van der Waals surface area contributed by atoms with Gasteiger partial charge >= 0.3 is 5.97 Å². The van der Waals surface area contributed by atoms with E-state index in [1.165, 1.54) is 24.3 Å². The predicted octanol–water partition coefficient (Wildman–Crippen LogP) is 3.07. The van der Waals surface area contributed by atoms with E-state index in [4.69, 9.17) is 9.47 Å². The summed E-state index contributed by atoms with van der Waals surface area (Å²) in [5.74, 6) is -3.17. The lowest BCUT2D eigenvalue weighted by Crippen LogP contribution is -2.36. The molecule has 142 valence electrons. The minimum absolute atomic E-state index is 0.157. The van der Waals surface area contributed by atoms with Crippen LogP contribution >= 0.6 is 0 Å². The number of morpholine rings is 1. The standard InChI is InChI=1S/C18H16F2N2O5/c19-15-3-1-2-12(17(15)20)11-27-18(23)14-10-13(4-5-16(14)22(24)25)21-6-8-26-9-7-21/h1-5,10H,6-9,11H2. The Labute approximate surface area is 153 Å². The van der Waals surface area contributed by atoms with E-state index in [1.807, 2.05) is 4.90 Å². The highest BCUT2D eigenvalue weighted by atomic mass is 19.2. The lowest BCUT2D eigenvalue weighted by Gasteiger charge is -2.29. The van der Waals surface area contributed by atoms with Gasteiger partial charge in [-0.15, -0.1) is 0 Å². The number of anilines is 1. The quantitative estimate of drug-likeness (QED) is 0.452. The van der Waals surface area contributed by atoms with E-state index in [-0.39, 0.29) is 11.1 Å². The van der Waals surface area contributed by atoms with E-state index in [1.54, 1.807) is 6.07 Å². The molecule has 0 aromatic heterocycles. The van der Waals surface area contributed by atoms with Crippen LogP contribution in [0.3, 0.4) is 0 Å². The molecule has 2 aromatic carbocycles. The van der Waals surface area contributed by atoms with Crippen molar-refractivity contribution in [2.45, 2.75) is 6.61 Å². The fourth-order valence-corrected chi connectivity index (χ4v) is 2.75. The normalized spacial score (nSPS) is 14.1. The molecule has 0 aliphatic carbocycles. The summed E-state index contributed by atoms with van der Waals surface area (Å²) in [6.45, 7) is 1.65. The van der Waals surface area contributed by atoms with Gasteiger partial charge in [-0.05, 0) is 18.2 Å². The summed E-state index contributed by atoms with van der Waals surface area (Å²) in [5, 5.41) is 11.2. The second-order valence-corrected chi connectivity index (χ2v) is 5.85. The smallest absolute Gasteiger partial charge is 0.345 e. The molecular weight excluding hydrogens is 362 g/mol. The Balaban J connectivity index is 1.83. The van der Waals surface area contributed by atoms with Crippen molar-refractivity contribution in [1.82, 2.24) is 0 Å². The minimum Gasteiger partial charge on any atom is -0.457 e. The topological polar surface area (TPSA) is 81.9 Å². The first kappa shape index (κ1) is 18.7. The monoisotopic (exact) mass is 378 g/mol.